The molecule has 0 aliphatic carbocycles. The van der Waals surface area contributed by atoms with Gasteiger partial charge in [0.1, 0.15) is 17.2 Å². The van der Waals surface area contributed by atoms with Crippen molar-refractivity contribution in [3.63, 3.8) is 0 Å². The van der Waals surface area contributed by atoms with Gasteiger partial charge >= 0.3 is 17.9 Å². The molecule has 0 amide bonds. The molecule has 0 radical (unpaired) electrons. The molecular formula is C35H40O7. The highest BCUT2D eigenvalue weighted by Crippen LogP contribution is 2.20. The van der Waals surface area contributed by atoms with Crippen LogP contribution in [0.15, 0.2) is 84.9 Å². The van der Waals surface area contributed by atoms with Crippen LogP contribution in [0.3, 0.4) is 0 Å². The molecule has 0 bridgehead atoms. The van der Waals surface area contributed by atoms with E-state index in [0.717, 1.165) is 12.8 Å². The van der Waals surface area contributed by atoms with Crippen LogP contribution in [0.2, 0.25) is 0 Å². The standard InChI is InChI=1S/C35H40O7/c1-4-5-6-7-8-11-27-12-18-31(19-13-27)41-35(38)29-16-22-32(23-17-29)42-34(37)28-14-20-30(21-15-28)39-24-9-10-25-40-33(36)26(2)3/h12-23H,2,4-11,24-25H2,1,3H3. The van der Waals surface area contributed by atoms with Gasteiger partial charge in [0.2, 0.25) is 0 Å². The molecular weight excluding hydrogens is 532 g/mol. The Balaban J connectivity index is 1.39. The van der Waals surface area contributed by atoms with E-state index >= 15 is 0 Å². The first kappa shape index (κ1) is 32.1. The van der Waals surface area contributed by atoms with E-state index in [1.165, 1.54) is 31.2 Å². The number of esters is 3. The molecule has 0 atom stereocenters. The molecule has 7 heteroatoms. The van der Waals surface area contributed by atoms with Crippen molar-refractivity contribution < 1.29 is 33.3 Å². The molecule has 0 aliphatic heterocycles. The van der Waals surface area contributed by atoms with Gasteiger partial charge in [-0.2, -0.15) is 0 Å². The molecule has 0 heterocycles. The molecule has 222 valence electrons. The topological polar surface area (TPSA) is 88.1 Å². The van der Waals surface area contributed by atoms with Gasteiger partial charge in [-0.1, -0.05) is 51.3 Å². The van der Waals surface area contributed by atoms with Crippen molar-refractivity contribution in [1.29, 1.82) is 0 Å². The number of aryl methyl sites for hydroxylation is 1. The average molecular weight is 573 g/mol. The van der Waals surface area contributed by atoms with Crippen LogP contribution in [0.4, 0.5) is 0 Å². The van der Waals surface area contributed by atoms with Crippen LogP contribution >= 0.6 is 0 Å². The van der Waals surface area contributed by atoms with Crippen LogP contribution in [0.1, 0.15) is 85.1 Å². The molecule has 0 saturated heterocycles. The van der Waals surface area contributed by atoms with Gasteiger partial charge in [0.15, 0.2) is 0 Å². The van der Waals surface area contributed by atoms with E-state index in [1.807, 2.05) is 24.3 Å². The lowest BCUT2D eigenvalue weighted by atomic mass is 10.1. The SMILES string of the molecule is C=C(C)C(=O)OCCCCOc1ccc(C(=O)Oc2ccc(C(=O)Oc3ccc(CCCCCCC)cc3)cc2)cc1. The summed E-state index contributed by atoms with van der Waals surface area (Å²) in [5.74, 6) is 0.0155. The lowest BCUT2D eigenvalue weighted by Crippen LogP contribution is -2.10. The number of rotatable bonds is 17. The highest BCUT2D eigenvalue weighted by molar-refractivity contribution is 5.92. The second-order valence-electron chi connectivity index (χ2n) is 10.1. The third-order valence-electron chi connectivity index (χ3n) is 6.48. The summed E-state index contributed by atoms with van der Waals surface area (Å²) in [6.07, 6.45) is 8.59. The second-order valence-corrected chi connectivity index (χ2v) is 10.1. The minimum Gasteiger partial charge on any atom is -0.494 e. The van der Waals surface area contributed by atoms with E-state index in [-0.39, 0.29) is 0 Å². The summed E-state index contributed by atoms with van der Waals surface area (Å²) in [4.78, 5) is 36.5. The summed E-state index contributed by atoms with van der Waals surface area (Å²) >= 11 is 0. The van der Waals surface area contributed by atoms with E-state index in [9.17, 15) is 14.4 Å². The van der Waals surface area contributed by atoms with Crippen molar-refractivity contribution >= 4 is 17.9 Å². The molecule has 0 unspecified atom stereocenters. The first-order valence-electron chi connectivity index (χ1n) is 14.5. The predicted molar refractivity (Wildman–Crippen MR) is 162 cm³/mol. The minimum atomic E-state index is -0.526. The molecule has 0 fully saturated rings. The van der Waals surface area contributed by atoms with Crippen molar-refractivity contribution in [3.05, 3.63) is 102 Å². The first-order chi connectivity index (χ1) is 20.4. The third kappa shape index (κ3) is 11.2. The zero-order chi connectivity index (χ0) is 30.2. The van der Waals surface area contributed by atoms with Crippen LogP contribution in [0, 0.1) is 0 Å². The van der Waals surface area contributed by atoms with E-state index in [2.05, 4.69) is 13.5 Å². The number of carbonyl (C=O) groups excluding carboxylic acids is 3. The van der Waals surface area contributed by atoms with Gasteiger partial charge in [0, 0.05) is 5.57 Å². The van der Waals surface area contributed by atoms with Crippen LogP contribution < -0.4 is 14.2 Å². The molecule has 3 rings (SSSR count). The van der Waals surface area contributed by atoms with Crippen LogP contribution in [0.5, 0.6) is 17.2 Å². The average Bonchev–Trinajstić information content (AvgIpc) is 3.00. The zero-order valence-electron chi connectivity index (χ0n) is 24.6. The molecule has 42 heavy (non-hydrogen) atoms. The number of hydrogen-bond donors (Lipinski definition) is 0. The molecule has 0 spiro atoms. The van der Waals surface area contributed by atoms with E-state index in [0.29, 0.717) is 60.0 Å². The Kier molecular flexibility index (Phi) is 13.3. The van der Waals surface area contributed by atoms with Gasteiger partial charge in [-0.25, -0.2) is 14.4 Å². The fourth-order valence-corrected chi connectivity index (χ4v) is 4.02. The summed E-state index contributed by atoms with van der Waals surface area (Å²) in [5.41, 5.74) is 2.32. The van der Waals surface area contributed by atoms with Crippen molar-refractivity contribution in [2.45, 2.75) is 65.2 Å². The Hall–Kier alpha value is -4.39. The summed E-state index contributed by atoms with van der Waals surface area (Å²) in [7, 11) is 0. The summed E-state index contributed by atoms with van der Waals surface area (Å²) in [5, 5.41) is 0. The molecule has 7 nitrogen and oxygen atoms in total. The summed E-state index contributed by atoms with van der Waals surface area (Å²) in [6.45, 7) is 8.12. The van der Waals surface area contributed by atoms with Gasteiger partial charge in [-0.15, -0.1) is 0 Å². The maximum atomic E-state index is 12.6. The highest BCUT2D eigenvalue weighted by atomic mass is 16.5. The number of hydrogen-bond acceptors (Lipinski definition) is 7. The number of ether oxygens (including phenoxy) is 4. The van der Waals surface area contributed by atoms with Gasteiger partial charge in [0.05, 0.1) is 24.3 Å². The molecule has 0 aromatic heterocycles. The molecule has 3 aromatic carbocycles. The van der Waals surface area contributed by atoms with E-state index in [1.54, 1.807) is 55.5 Å². The van der Waals surface area contributed by atoms with E-state index in [4.69, 9.17) is 18.9 Å². The minimum absolute atomic E-state index is 0.313. The van der Waals surface area contributed by atoms with Crippen molar-refractivity contribution in [3.8, 4) is 17.2 Å². The molecule has 0 saturated carbocycles. The van der Waals surface area contributed by atoms with Crippen LogP contribution in [-0.2, 0) is 16.0 Å². The molecule has 0 N–H and O–H groups in total. The third-order valence-corrected chi connectivity index (χ3v) is 6.48. The largest absolute Gasteiger partial charge is 0.494 e. The fourth-order valence-electron chi connectivity index (χ4n) is 4.02. The second kappa shape index (κ2) is 17.4. The zero-order valence-corrected chi connectivity index (χ0v) is 24.6. The fraction of sp³-hybridized carbons (Fsp3) is 0.343. The van der Waals surface area contributed by atoms with Crippen molar-refractivity contribution in [2.75, 3.05) is 13.2 Å². The van der Waals surface area contributed by atoms with Crippen LogP contribution in [0.25, 0.3) is 0 Å². The van der Waals surface area contributed by atoms with Crippen molar-refractivity contribution in [1.82, 2.24) is 0 Å². The Labute approximate surface area is 248 Å². The van der Waals surface area contributed by atoms with Crippen LogP contribution in [-0.4, -0.2) is 31.1 Å². The van der Waals surface area contributed by atoms with Gasteiger partial charge in [-0.3, -0.25) is 0 Å². The molecule has 3 aromatic rings. The summed E-state index contributed by atoms with van der Waals surface area (Å²) in [6, 6.07) is 20.5. The summed E-state index contributed by atoms with van der Waals surface area (Å²) < 4.78 is 21.7. The smallest absolute Gasteiger partial charge is 0.343 e. The number of benzene rings is 3. The maximum Gasteiger partial charge on any atom is 0.343 e. The monoisotopic (exact) mass is 572 g/mol. The Morgan fingerprint density at radius 1 is 0.619 bits per heavy atom. The predicted octanol–water partition coefficient (Wildman–Crippen LogP) is 7.92. The van der Waals surface area contributed by atoms with Gasteiger partial charge < -0.3 is 18.9 Å². The first-order valence-corrected chi connectivity index (χ1v) is 14.5. The van der Waals surface area contributed by atoms with Crippen molar-refractivity contribution in [2.24, 2.45) is 0 Å². The Morgan fingerprint density at radius 2 is 1.12 bits per heavy atom. The Morgan fingerprint density at radius 3 is 1.67 bits per heavy atom. The lowest BCUT2D eigenvalue weighted by Gasteiger charge is -2.09. The number of carbonyl (C=O) groups is 3. The number of unbranched alkanes of at least 4 members (excludes halogenated alkanes) is 5. The van der Waals surface area contributed by atoms with Gasteiger partial charge in [-0.05, 0) is 98.8 Å². The lowest BCUT2D eigenvalue weighted by molar-refractivity contribution is -0.139. The normalized spacial score (nSPS) is 10.5. The highest BCUT2D eigenvalue weighted by Gasteiger charge is 2.12. The van der Waals surface area contributed by atoms with E-state index < -0.39 is 17.9 Å². The Bertz CT molecular complexity index is 1290. The maximum absolute atomic E-state index is 12.6. The molecule has 0 aliphatic rings. The van der Waals surface area contributed by atoms with Gasteiger partial charge in [0.25, 0.3) is 0 Å². The quantitative estimate of drug-likeness (QED) is 0.0703.